The van der Waals surface area contributed by atoms with Crippen LogP contribution >= 0.6 is 43.3 Å². The standard InChI is InChI=1S/C15H12Cl2OS2/c16-19-12-4-1-10(2-5-12)14-7-3-11-9-13(20-17)6-8-15(11)18-14/h1-2,4-6,8-9,14H,3,7H2. The molecule has 5 heteroatoms. The van der Waals surface area contributed by atoms with E-state index in [1.807, 2.05) is 24.3 Å². The van der Waals surface area contributed by atoms with Gasteiger partial charge in [0, 0.05) is 9.79 Å². The molecule has 2 aromatic carbocycles. The van der Waals surface area contributed by atoms with Crippen LogP contribution in [0.15, 0.2) is 52.3 Å². The van der Waals surface area contributed by atoms with Crippen LogP contribution in [0.3, 0.4) is 0 Å². The minimum Gasteiger partial charge on any atom is -0.485 e. The summed E-state index contributed by atoms with van der Waals surface area (Å²) in [6.07, 6.45) is 2.11. The Kier molecular flexibility index (Phi) is 4.72. The van der Waals surface area contributed by atoms with E-state index in [-0.39, 0.29) is 6.10 Å². The van der Waals surface area contributed by atoms with Gasteiger partial charge in [-0.05, 0) is 97.6 Å². The van der Waals surface area contributed by atoms with Crippen molar-refractivity contribution in [3.05, 3.63) is 53.6 Å². The van der Waals surface area contributed by atoms with Crippen molar-refractivity contribution in [2.45, 2.75) is 28.7 Å². The molecule has 1 unspecified atom stereocenters. The van der Waals surface area contributed by atoms with Gasteiger partial charge in [0.2, 0.25) is 0 Å². The van der Waals surface area contributed by atoms with E-state index in [1.165, 1.54) is 33.1 Å². The molecule has 0 aromatic heterocycles. The Morgan fingerprint density at radius 3 is 2.35 bits per heavy atom. The second kappa shape index (κ2) is 6.52. The monoisotopic (exact) mass is 342 g/mol. The number of hydrogen-bond donors (Lipinski definition) is 0. The lowest BCUT2D eigenvalue weighted by atomic mass is 9.97. The van der Waals surface area contributed by atoms with Gasteiger partial charge in [0.15, 0.2) is 0 Å². The first-order valence-electron chi connectivity index (χ1n) is 6.27. The number of benzene rings is 2. The predicted molar refractivity (Wildman–Crippen MR) is 88.0 cm³/mol. The van der Waals surface area contributed by atoms with Crippen molar-refractivity contribution in [1.29, 1.82) is 0 Å². The number of halogens is 2. The first-order chi connectivity index (χ1) is 9.80. The molecule has 1 nitrogen and oxygen atoms in total. The molecule has 0 bridgehead atoms. The highest BCUT2D eigenvalue weighted by Crippen LogP contribution is 2.37. The Morgan fingerprint density at radius 1 is 0.950 bits per heavy atom. The van der Waals surface area contributed by atoms with Crippen LogP contribution < -0.4 is 4.74 Å². The molecule has 0 aliphatic carbocycles. The third kappa shape index (κ3) is 3.06. The van der Waals surface area contributed by atoms with Gasteiger partial charge >= 0.3 is 0 Å². The molecular formula is C15H12Cl2OS2. The van der Waals surface area contributed by atoms with E-state index >= 15 is 0 Å². The molecule has 0 saturated heterocycles. The van der Waals surface area contributed by atoms with Crippen molar-refractivity contribution in [2.24, 2.45) is 0 Å². The summed E-state index contributed by atoms with van der Waals surface area (Å²) >= 11 is 0. The Bertz CT molecular complexity index is 601. The number of fused-ring (bicyclic) bond motifs is 1. The highest BCUT2D eigenvalue weighted by Gasteiger charge is 2.21. The summed E-state index contributed by atoms with van der Waals surface area (Å²) in [6.45, 7) is 0. The molecule has 0 fully saturated rings. The molecule has 2 aromatic rings. The number of ether oxygens (including phenoxy) is 1. The van der Waals surface area contributed by atoms with Gasteiger partial charge in [0.1, 0.15) is 11.9 Å². The third-order valence-electron chi connectivity index (χ3n) is 3.41. The van der Waals surface area contributed by atoms with Crippen LogP contribution in [-0.4, -0.2) is 0 Å². The smallest absolute Gasteiger partial charge is 0.124 e. The van der Waals surface area contributed by atoms with Gasteiger partial charge in [-0.2, -0.15) is 0 Å². The summed E-state index contributed by atoms with van der Waals surface area (Å²) in [7, 11) is 14.0. The van der Waals surface area contributed by atoms with Crippen LogP contribution in [-0.2, 0) is 6.42 Å². The van der Waals surface area contributed by atoms with Crippen LogP contribution in [0.1, 0.15) is 23.7 Å². The van der Waals surface area contributed by atoms with Crippen LogP contribution in [0.4, 0.5) is 0 Å². The van der Waals surface area contributed by atoms with E-state index in [9.17, 15) is 0 Å². The summed E-state index contributed by atoms with van der Waals surface area (Å²) in [5.74, 6) is 0.964. The van der Waals surface area contributed by atoms with E-state index in [2.05, 4.69) is 18.2 Å². The molecule has 20 heavy (non-hydrogen) atoms. The molecule has 0 amide bonds. The quantitative estimate of drug-likeness (QED) is 0.652. The second-order valence-corrected chi connectivity index (χ2v) is 6.82. The van der Waals surface area contributed by atoms with Crippen molar-refractivity contribution < 1.29 is 4.74 Å². The number of aryl methyl sites for hydroxylation is 1. The normalized spacial score (nSPS) is 17.4. The van der Waals surface area contributed by atoms with Crippen molar-refractivity contribution in [1.82, 2.24) is 0 Å². The zero-order valence-corrected chi connectivity index (χ0v) is 13.7. The van der Waals surface area contributed by atoms with Gasteiger partial charge in [-0.1, -0.05) is 12.1 Å². The molecule has 0 saturated carbocycles. The molecule has 0 spiro atoms. The maximum absolute atomic E-state index is 6.10. The minimum atomic E-state index is 0.117. The fourth-order valence-corrected chi connectivity index (χ4v) is 3.52. The van der Waals surface area contributed by atoms with Gasteiger partial charge in [-0.3, -0.25) is 0 Å². The summed E-state index contributed by atoms with van der Waals surface area (Å²) in [6, 6.07) is 14.3. The first-order valence-corrected chi connectivity index (χ1v) is 9.55. The van der Waals surface area contributed by atoms with Crippen molar-refractivity contribution in [3.8, 4) is 5.75 Å². The van der Waals surface area contributed by atoms with Crippen LogP contribution in [0.25, 0.3) is 0 Å². The molecule has 1 heterocycles. The van der Waals surface area contributed by atoms with Crippen LogP contribution in [0.5, 0.6) is 5.75 Å². The van der Waals surface area contributed by atoms with E-state index in [0.717, 1.165) is 28.4 Å². The largest absolute Gasteiger partial charge is 0.485 e. The second-order valence-electron chi connectivity index (χ2n) is 4.64. The average molecular weight is 343 g/mol. The van der Waals surface area contributed by atoms with Crippen molar-refractivity contribution >= 4 is 43.3 Å². The van der Waals surface area contributed by atoms with E-state index in [0.29, 0.717) is 0 Å². The predicted octanol–water partition coefficient (Wildman–Crippen LogP) is 6.24. The topological polar surface area (TPSA) is 9.23 Å². The zero-order valence-electron chi connectivity index (χ0n) is 10.5. The summed E-state index contributed by atoms with van der Waals surface area (Å²) < 4.78 is 6.10. The third-order valence-corrected chi connectivity index (χ3v) is 5.36. The Balaban J connectivity index is 1.80. The molecule has 1 aliphatic heterocycles. The maximum atomic E-state index is 6.10. The molecular weight excluding hydrogens is 331 g/mol. The Morgan fingerprint density at radius 2 is 1.65 bits per heavy atom. The van der Waals surface area contributed by atoms with Gasteiger partial charge in [0.05, 0.1) is 0 Å². The van der Waals surface area contributed by atoms with Gasteiger partial charge in [0.25, 0.3) is 0 Å². The van der Waals surface area contributed by atoms with Crippen LogP contribution in [0, 0.1) is 0 Å². The maximum Gasteiger partial charge on any atom is 0.124 e. The summed E-state index contributed by atoms with van der Waals surface area (Å²) in [5.41, 5.74) is 2.43. The highest BCUT2D eigenvalue weighted by atomic mass is 35.7. The molecule has 1 aliphatic rings. The Labute approximate surface area is 136 Å². The molecule has 1 atom stereocenters. The van der Waals surface area contributed by atoms with E-state index in [1.54, 1.807) is 0 Å². The SMILES string of the molecule is ClSc1ccc(C2CCc3cc(SCl)ccc3O2)cc1. The number of rotatable bonds is 3. The molecule has 3 rings (SSSR count). The van der Waals surface area contributed by atoms with Gasteiger partial charge in [-0.25, -0.2) is 0 Å². The van der Waals surface area contributed by atoms with Gasteiger partial charge < -0.3 is 4.74 Å². The number of hydrogen-bond acceptors (Lipinski definition) is 3. The van der Waals surface area contributed by atoms with Crippen molar-refractivity contribution in [2.75, 3.05) is 0 Å². The fourth-order valence-electron chi connectivity index (χ4n) is 2.38. The zero-order chi connectivity index (χ0) is 13.9. The summed E-state index contributed by atoms with van der Waals surface area (Å²) in [5, 5.41) is 0. The minimum absolute atomic E-state index is 0.117. The Hall–Kier alpha value is -0.480. The molecule has 0 N–H and O–H groups in total. The average Bonchev–Trinajstić information content (AvgIpc) is 2.54. The van der Waals surface area contributed by atoms with Gasteiger partial charge in [-0.15, -0.1) is 0 Å². The summed E-state index contributed by atoms with van der Waals surface area (Å²) in [4.78, 5) is 2.12. The van der Waals surface area contributed by atoms with E-state index < -0.39 is 0 Å². The lowest BCUT2D eigenvalue weighted by Gasteiger charge is -2.26. The fraction of sp³-hybridized carbons (Fsp3) is 0.200. The van der Waals surface area contributed by atoms with E-state index in [4.69, 9.17) is 26.1 Å². The lowest BCUT2D eigenvalue weighted by Crippen LogP contribution is -2.15. The first kappa shape index (κ1) is 14.5. The molecule has 104 valence electrons. The van der Waals surface area contributed by atoms with Crippen molar-refractivity contribution in [3.63, 3.8) is 0 Å². The molecule has 0 radical (unpaired) electrons. The highest BCUT2D eigenvalue weighted by molar-refractivity contribution is 8.21. The lowest BCUT2D eigenvalue weighted by molar-refractivity contribution is 0.176. The van der Waals surface area contributed by atoms with Crippen LogP contribution in [0.2, 0.25) is 0 Å².